The first-order valence-corrected chi connectivity index (χ1v) is 9.06. The number of hydrogen-bond donors (Lipinski definition) is 2. The van der Waals surface area contributed by atoms with E-state index in [0.717, 1.165) is 10.5 Å². The summed E-state index contributed by atoms with van der Waals surface area (Å²) in [6, 6.07) is 5.03. The van der Waals surface area contributed by atoms with Gasteiger partial charge in [0.05, 0.1) is 24.1 Å². The van der Waals surface area contributed by atoms with Gasteiger partial charge in [0.2, 0.25) is 5.91 Å². The van der Waals surface area contributed by atoms with Crippen molar-refractivity contribution in [3.63, 3.8) is 0 Å². The molecule has 0 aromatic heterocycles. The Kier molecular flexibility index (Phi) is 7.97. The van der Waals surface area contributed by atoms with E-state index in [1.807, 2.05) is 6.92 Å². The lowest BCUT2D eigenvalue weighted by Gasteiger charge is -2.35. The molecule has 3 atom stereocenters. The first-order valence-electron chi connectivity index (χ1n) is 9.06. The Morgan fingerprint density at radius 2 is 1.56 bits per heavy atom. The molecule has 0 bridgehead atoms. The first-order chi connectivity index (χ1) is 12.5. The molecule has 1 aromatic carbocycles. The minimum Gasteiger partial charge on any atom is -0.481 e. The van der Waals surface area contributed by atoms with Crippen LogP contribution in [0.3, 0.4) is 0 Å². The summed E-state index contributed by atoms with van der Waals surface area (Å²) in [6.07, 6.45) is -1.37. The fourth-order valence-corrected chi connectivity index (χ4v) is 2.60. The number of carboxylic acid groups (broad SMARTS) is 1. The zero-order valence-corrected chi connectivity index (χ0v) is 16.8. The average molecular weight is 378 g/mol. The normalized spacial score (nSPS) is 14.6. The Morgan fingerprint density at radius 3 is 1.96 bits per heavy atom. The Bertz CT molecular complexity index is 669. The summed E-state index contributed by atoms with van der Waals surface area (Å²) in [6.45, 7) is 10.2. The van der Waals surface area contributed by atoms with Crippen molar-refractivity contribution < 1.29 is 24.2 Å². The van der Waals surface area contributed by atoms with Crippen LogP contribution in [0.4, 0.5) is 4.79 Å². The van der Waals surface area contributed by atoms with Crippen molar-refractivity contribution in [3.8, 4) is 0 Å². The number of carbonyl (C=O) groups excluding carboxylic acids is 2. The zero-order chi connectivity index (χ0) is 20.9. The van der Waals surface area contributed by atoms with Crippen molar-refractivity contribution in [2.24, 2.45) is 17.6 Å². The zero-order valence-electron chi connectivity index (χ0n) is 16.8. The van der Waals surface area contributed by atoms with Gasteiger partial charge in [0.15, 0.2) is 0 Å². The van der Waals surface area contributed by atoms with Crippen LogP contribution in [-0.2, 0) is 14.3 Å². The van der Waals surface area contributed by atoms with Gasteiger partial charge in [-0.2, -0.15) is 0 Å². The van der Waals surface area contributed by atoms with E-state index in [4.69, 9.17) is 10.5 Å². The maximum atomic E-state index is 13.0. The molecular weight excluding hydrogens is 348 g/mol. The van der Waals surface area contributed by atoms with Gasteiger partial charge in [-0.05, 0) is 39.2 Å². The molecule has 0 aliphatic heterocycles. The van der Waals surface area contributed by atoms with Gasteiger partial charge in [-0.3, -0.25) is 9.59 Å². The highest BCUT2D eigenvalue weighted by Gasteiger charge is 2.41. The highest BCUT2D eigenvalue weighted by atomic mass is 16.6. The summed E-state index contributed by atoms with van der Waals surface area (Å²) in [5, 5.41) is 9.59. The van der Waals surface area contributed by atoms with Crippen molar-refractivity contribution >= 4 is 18.0 Å². The van der Waals surface area contributed by atoms with Crippen molar-refractivity contribution in [1.82, 2.24) is 4.90 Å². The molecule has 3 N–H and O–H groups in total. The number of ether oxygens (including phenoxy) is 1. The number of aliphatic carboxylic acids is 1. The standard InChI is InChI=1S/C20H30N2O5/c1-11(2)16(21)18(23)22(20(26)27-12(3)4)17(14(6)19(24)25)15-9-7-13(5)8-10-15/h7-12,14,16-17H,21H2,1-6H3,(H,24,25)/t14?,16-,17?/m0/s1. The summed E-state index contributed by atoms with van der Waals surface area (Å²) in [4.78, 5) is 38.4. The topological polar surface area (TPSA) is 110 Å². The minimum absolute atomic E-state index is 0.231. The molecule has 0 heterocycles. The second kappa shape index (κ2) is 9.50. The summed E-state index contributed by atoms with van der Waals surface area (Å²) < 4.78 is 5.24. The number of imide groups is 1. The maximum Gasteiger partial charge on any atom is 0.417 e. The smallest absolute Gasteiger partial charge is 0.417 e. The van der Waals surface area contributed by atoms with Gasteiger partial charge in [-0.1, -0.05) is 43.7 Å². The van der Waals surface area contributed by atoms with Crippen LogP contribution in [0.5, 0.6) is 0 Å². The molecule has 2 amide bonds. The Balaban J connectivity index is 3.51. The number of nitrogens with zero attached hydrogens (tertiary/aromatic N) is 1. The van der Waals surface area contributed by atoms with Gasteiger partial charge >= 0.3 is 12.1 Å². The van der Waals surface area contributed by atoms with Gasteiger partial charge in [0.1, 0.15) is 0 Å². The van der Waals surface area contributed by atoms with Gasteiger partial charge in [-0.25, -0.2) is 9.69 Å². The molecule has 1 rings (SSSR count). The molecule has 0 saturated heterocycles. The molecule has 0 fully saturated rings. The molecule has 7 heteroatoms. The van der Waals surface area contributed by atoms with Crippen LogP contribution >= 0.6 is 0 Å². The average Bonchev–Trinajstić information content (AvgIpc) is 2.57. The molecule has 1 aromatic rings. The molecule has 27 heavy (non-hydrogen) atoms. The molecule has 0 saturated carbocycles. The quantitative estimate of drug-likeness (QED) is 0.754. The highest BCUT2D eigenvalue weighted by Crippen LogP contribution is 2.31. The first kappa shape index (κ1) is 22.6. The summed E-state index contributed by atoms with van der Waals surface area (Å²) in [5.41, 5.74) is 7.50. The third-order valence-electron chi connectivity index (χ3n) is 4.33. The molecule has 0 aliphatic carbocycles. The van der Waals surface area contributed by atoms with Crippen LogP contribution in [0, 0.1) is 18.8 Å². The fourth-order valence-electron chi connectivity index (χ4n) is 2.60. The van der Waals surface area contributed by atoms with E-state index < -0.39 is 42.1 Å². The largest absolute Gasteiger partial charge is 0.481 e. The Labute approximate surface area is 160 Å². The Morgan fingerprint density at radius 1 is 1.04 bits per heavy atom. The van der Waals surface area contributed by atoms with Crippen LogP contribution < -0.4 is 5.73 Å². The van der Waals surface area contributed by atoms with Crippen LogP contribution in [0.25, 0.3) is 0 Å². The van der Waals surface area contributed by atoms with Crippen LogP contribution in [0.1, 0.15) is 51.8 Å². The van der Waals surface area contributed by atoms with E-state index >= 15 is 0 Å². The third-order valence-corrected chi connectivity index (χ3v) is 4.33. The number of nitrogens with two attached hydrogens (primary N) is 1. The van der Waals surface area contributed by atoms with E-state index in [-0.39, 0.29) is 5.92 Å². The molecule has 150 valence electrons. The predicted molar refractivity (Wildman–Crippen MR) is 102 cm³/mol. The fraction of sp³-hybridized carbons (Fsp3) is 0.550. The van der Waals surface area contributed by atoms with Crippen LogP contribution in [0.15, 0.2) is 24.3 Å². The monoisotopic (exact) mass is 378 g/mol. The third kappa shape index (κ3) is 5.79. The molecule has 0 radical (unpaired) electrons. The van der Waals surface area contributed by atoms with Gasteiger partial charge < -0.3 is 15.6 Å². The SMILES string of the molecule is Cc1ccc(C(C(C)C(=O)O)N(C(=O)OC(C)C)C(=O)[C@@H](N)C(C)C)cc1. The van der Waals surface area contributed by atoms with Crippen molar-refractivity contribution in [2.45, 2.75) is 59.7 Å². The van der Waals surface area contributed by atoms with Crippen molar-refractivity contribution in [1.29, 1.82) is 0 Å². The minimum atomic E-state index is -1.13. The molecule has 2 unspecified atom stereocenters. The predicted octanol–water partition coefficient (Wildman–Crippen LogP) is 3.11. The number of aryl methyl sites for hydroxylation is 1. The number of carboxylic acids is 1. The summed E-state index contributed by atoms with van der Waals surface area (Å²) >= 11 is 0. The van der Waals surface area contributed by atoms with E-state index in [0.29, 0.717) is 5.56 Å². The van der Waals surface area contributed by atoms with Gasteiger partial charge in [0, 0.05) is 0 Å². The summed E-state index contributed by atoms with van der Waals surface area (Å²) in [5.74, 6) is -3.07. The number of carbonyl (C=O) groups is 3. The second-order valence-corrected chi connectivity index (χ2v) is 7.39. The number of benzene rings is 1. The number of hydrogen-bond acceptors (Lipinski definition) is 5. The summed E-state index contributed by atoms with van der Waals surface area (Å²) in [7, 11) is 0. The van der Waals surface area contributed by atoms with Crippen molar-refractivity contribution in [2.75, 3.05) is 0 Å². The number of amides is 2. The molecule has 7 nitrogen and oxygen atoms in total. The Hall–Kier alpha value is -2.41. The van der Waals surface area contributed by atoms with E-state index in [9.17, 15) is 19.5 Å². The van der Waals surface area contributed by atoms with Gasteiger partial charge in [-0.15, -0.1) is 0 Å². The number of rotatable bonds is 7. The second-order valence-electron chi connectivity index (χ2n) is 7.39. The van der Waals surface area contributed by atoms with E-state index in [1.165, 1.54) is 6.92 Å². The highest BCUT2D eigenvalue weighted by molar-refractivity contribution is 5.96. The van der Waals surface area contributed by atoms with Gasteiger partial charge in [0.25, 0.3) is 0 Å². The van der Waals surface area contributed by atoms with Crippen LogP contribution in [-0.4, -0.2) is 40.1 Å². The molecule has 0 spiro atoms. The molecule has 0 aliphatic rings. The lowest BCUT2D eigenvalue weighted by Crippen LogP contribution is -2.52. The maximum absolute atomic E-state index is 13.0. The molecular formula is C20H30N2O5. The van der Waals surface area contributed by atoms with E-state index in [1.54, 1.807) is 52.0 Å². The lowest BCUT2D eigenvalue weighted by molar-refractivity contribution is -0.146. The lowest BCUT2D eigenvalue weighted by atomic mass is 9.91. The van der Waals surface area contributed by atoms with Crippen LogP contribution in [0.2, 0.25) is 0 Å². The van der Waals surface area contributed by atoms with E-state index in [2.05, 4.69) is 0 Å². The van der Waals surface area contributed by atoms with Crippen molar-refractivity contribution in [3.05, 3.63) is 35.4 Å².